The molecule has 2 aromatic heterocycles. The van der Waals surface area contributed by atoms with Gasteiger partial charge in [0.1, 0.15) is 60.5 Å². The lowest BCUT2D eigenvalue weighted by molar-refractivity contribution is -0.231. The van der Waals surface area contributed by atoms with Crippen LogP contribution in [0.15, 0.2) is 231 Å². The highest BCUT2D eigenvalue weighted by molar-refractivity contribution is 14.0. The van der Waals surface area contributed by atoms with Crippen LogP contribution in [0.2, 0.25) is 10.1 Å². The Hall–Kier alpha value is -6.34. The molecule has 572 valence electrons. The summed E-state index contributed by atoms with van der Waals surface area (Å²) in [6, 6.07) is 75.2. The summed E-state index contributed by atoms with van der Waals surface area (Å²) in [5, 5.41) is 77.7. The molecule has 108 heavy (non-hydrogen) atoms. The number of aliphatic hydroxyl groups is 7. The third kappa shape index (κ3) is 17.6. The van der Waals surface area contributed by atoms with E-state index in [0.717, 1.165) is 70.4 Å². The first-order chi connectivity index (χ1) is 51.2. The molecule has 0 amide bonds. The van der Waals surface area contributed by atoms with Crippen LogP contribution in [-0.2, 0) is 40.6 Å². The van der Waals surface area contributed by atoms with E-state index in [1.165, 1.54) is 39.5 Å². The van der Waals surface area contributed by atoms with Crippen molar-refractivity contribution < 1.29 is 72.3 Å². The smallest absolute Gasteiger partial charge is 0.261 e. The Morgan fingerprint density at radius 2 is 0.824 bits per heavy atom. The van der Waals surface area contributed by atoms with Crippen molar-refractivity contribution in [2.45, 2.75) is 172 Å². The third-order valence-electron chi connectivity index (χ3n) is 21.8. The van der Waals surface area contributed by atoms with E-state index in [4.69, 9.17) is 27.8 Å². The second kappa shape index (κ2) is 35.6. The largest absolute Gasteiger partial charge is 0.399 e. The van der Waals surface area contributed by atoms with Crippen molar-refractivity contribution in [3.63, 3.8) is 0 Å². The van der Waals surface area contributed by atoms with Crippen molar-refractivity contribution in [1.82, 2.24) is 0 Å². The SMILES string of the molecule is C[C@H]1[C@H](O)[C@@H](O[Si](c2ccccc2)(c2ccccc2)C(C)(C)C)[C@@H]2OC[C@H]1O2.Cc1ccc(C2O[C@H](CO)[C@@H](C)[C@H](O)[C@H]2O[Si](c2ccccc2)(c2ccccc2)C(C)(C)C)cc1Cc1ccc(-c2ccc(F)cc2)s1.Cc1ccc(C2O[C@H](CO)[C@@H](O)[C@H](O)[C@H]2O)cc1Cc1ccc(-c2ccc(F)cc2)s1.I. The highest BCUT2D eigenvalue weighted by Crippen LogP contribution is 2.46. The Morgan fingerprint density at radius 3 is 1.23 bits per heavy atom. The number of aliphatic hydroxyl groups excluding tert-OH is 7. The van der Waals surface area contributed by atoms with Crippen LogP contribution in [0.3, 0.4) is 0 Å². The van der Waals surface area contributed by atoms with E-state index in [0.29, 0.717) is 18.6 Å². The second-order valence-electron chi connectivity index (χ2n) is 30.9. The van der Waals surface area contributed by atoms with Crippen molar-refractivity contribution in [3.05, 3.63) is 285 Å². The predicted octanol–water partition coefficient (Wildman–Crippen LogP) is 14.1. The van der Waals surface area contributed by atoms with Gasteiger partial charge in [0.15, 0.2) is 6.29 Å². The van der Waals surface area contributed by atoms with E-state index < -0.39 is 96.7 Å². The van der Waals surface area contributed by atoms with Crippen molar-refractivity contribution >= 4 is 84.0 Å². The molecule has 10 aromatic rings. The minimum absolute atomic E-state index is 0. The van der Waals surface area contributed by atoms with Crippen LogP contribution in [0, 0.1) is 37.3 Å². The summed E-state index contributed by atoms with van der Waals surface area (Å²) in [4.78, 5) is 4.48. The summed E-state index contributed by atoms with van der Waals surface area (Å²) in [5.74, 6) is -0.869. The van der Waals surface area contributed by atoms with Crippen LogP contribution in [0.5, 0.6) is 0 Å². The maximum absolute atomic E-state index is 13.5. The molecule has 2 unspecified atom stereocenters. The summed E-state index contributed by atoms with van der Waals surface area (Å²) in [7, 11) is -5.83. The first kappa shape index (κ1) is 82.6. The van der Waals surface area contributed by atoms with Gasteiger partial charge in [-0.2, -0.15) is 0 Å². The molecule has 8 aromatic carbocycles. The molecule has 7 N–H and O–H groups in total. The molecular formula is C88H101F2IO13S2Si2. The number of ether oxygens (including phenoxy) is 4. The number of rotatable bonds is 18. The Labute approximate surface area is 661 Å². The fourth-order valence-corrected chi connectivity index (χ4v) is 27.0. The average molecular weight is 1650 g/mol. The molecule has 15 atom stereocenters. The molecular weight excluding hydrogens is 1550 g/mol. The Bertz CT molecular complexity index is 4430. The van der Waals surface area contributed by atoms with Crippen molar-refractivity contribution in [2.24, 2.45) is 11.8 Å². The van der Waals surface area contributed by atoms with Gasteiger partial charge in [0.05, 0.1) is 44.2 Å². The van der Waals surface area contributed by atoms with Crippen LogP contribution >= 0.6 is 46.7 Å². The summed E-state index contributed by atoms with van der Waals surface area (Å²) in [6.45, 7) is 21.3. The predicted molar refractivity (Wildman–Crippen MR) is 440 cm³/mol. The standard InChI is InChI=1S/C41H45FO4SSi.C24H25FO5S.C23H30O4Si.HI/c1-27-16-17-30(24-31(27)25-33-22-23-37(47-33)29-18-20-32(42)21-19-29)39-40(38(44)28(2)36(26-43)45-39)46-48(41(3,4)5,34-12-8-6-9-13-34)35-14-10-7-11-15-35;1-13-2-3-15(24-23(29)22(28)21(27)19(12-26)30-24)10-16(13)11-18-8-9-20(31-18)14-4-6-17(25)7-5-14;1-16-19-15-25-22(26-19)21(20(16)24)27-28(23(2,3)4,17-11-7-5-8-12-17)18-13-9-6-10-14-18;/h6-24,28,36,38-40,43-44H,25-26H2,1-5H3;2-10,19,21-24,26-29H,11-12H2,1H3;5-14,16,19-22,24H,15H2,1-4H3;1H/t28-,36-,38+,39?,40-;19-,21-,22+,23-,24?;16-,19-,20+,21-,22-;/m111./s1. The molecule has 0 aliphatic carbocycles. The van der Waals surface area contributed by atoms with E-state index in [1.807, 2.05) is 87.5 Å². The van der Waals surface area contributed by atoms with Gasteiger partial charge in [0, 0.05) is 44.2 Å². The van der Waals surface area contributed by atoms with Gasteiger partial charge < -0.3 is 63.5 Å². The number of fused-ring (bicyclic) bond motifs is 2. The second-order valence-corrected chi connectivity index (χ2v) is 41.7. The molecule has 4 fully saturated rings. The zero-order chi connectivity index (χ0) is 76.1. The van der Waals surface area contributed by atoms with Gasteiger partial charge in [-0.1, -0.05) is 237 Å². The number of hydrogen-bond acceptors (Lipinski definition) is 15. The lowest BCUT2D eigenvalue weighted by atomic mass is 9.85. The maximum atomic E-state index is 13.5. The zero-order valence-electron chi connectivity index (χ0n) is 62.7. The van der Waals surface area contributed by atoms with E-state index in [-0.39, 0.29) is 70.2 Å². The van der Waals surface area contributed by atoms with Gasteiger partial charge in [-0.25, -0.2) is 8.78 Å². The van der Waals surface area contributed by atoms with Crippen LogP contribution in [-0.4, -0.2) is 140 Å². The Morgan fingerprint density at radius 1 is 0.435 bits per heavy atom. The average Bonchev–Trinajstić information content (AvgIpc) is 1.09. The first-order valence-corrected chi connectivity index (χ1v) is 42.3. The van der Waals surface area contributed by atoms with Crippen molar-refractivity contribution in [3.8, 4) is 20.9 Å². The summed E-state index contributed by atoms with van der Waals surface area (Å²) in [5.41, 5.74) is 7.97. The minimum atomic E-state index is -3.06. The molecule has 4 saturated heterocycles. The monoisotopic (exact) mass is 1650 g/mol. The fraction of sp³-hybridized carbons (Fsp3) is 0.364. The van der Waals surface area contributed by atoms with Crippen LogP contribution in [0.4, 0.5) is 8.78 Å². The van der Waals surface area contributed by atoms with Crippen LogP contribution < -0.4 is 20.7 Å². The molecule has 0 spiro atoms. The maximum Gasteiger partial charge on any atom is 0.261 e. The number of benzene rings is 8. The van der Waals surface area contributed by atoms with E-state index in [2.05, 4.69) is 176 Å². The van der Waals surface area contributed by atoms with Gasteiger partial charge in [0.25, 0.3) is 16.6 Å². The normalized spacial score (nSPS) is 25.0. The molecule has 6 heterocycles. The quantitative estimate of drug-likeness (QED) is 0.0317. The fourth-order valence-electron chi connectivity index (χ4n) is 15.5. The Kier molecular flexibility index (Phi) is 27.2. The van der Waals surface area contributed by atoms with Gasteiger partial charge in [0.2, 0.25) is 0 Å². The molecule has 13 nitrogen and oxygen atoms in total. The highest BCUT2D eigenvalue weighted by atomic mass is 127. The summed E-state index contributed by atoms with van der Waals surface area (Å²) >= 11 is 3.33. The minimum Gasteiger partial charge on any atom is -0.399 e. The van der Waals surface area contributed by atoms with Crippen LogP contribution in [0.1, 0.15) is 111 Å². The zero-order valence-corrected chi connectivity index (χ0v) is 68.7. The molecule has 0 radical (unpaired) electrons. The third-order valence-corrected chi connectivity index (χ3v) is 34.1. The highest BCUT2D eigenvalue weighted by Gasteiger charge is 2.59. The summed E-state index contributed by atoms with van der Waals surface area (Å²) in [6.07, 6.45) is -8.89. The lowest BCUT2D eigenvalue weighted by Gasteiger charge is -2.51. The number of hydrogen-bond donors (Lipinski definition) is 7. The topological polar surface area (TPSA) is 197 Å². The molecule has 0 saturated carbocycles. The molecule has 20 heteroatoms. The molecule has 4 aliphatic heterocycles. The van der Waals surface area contributed by atoms with Gasteiger partial charge >= 0.3 is 0 Å². The van der Waals surface area contributed by atoms with Gasteiger partial charge in [-0.15, -0.1) is 46.7 Å². The molecule has 4 aliphatic rings. The van der Waals surface area contributed by atoms with Gasteiger partial charge in [-0.3, -0.25) is 0 Å². The van der Waals surface area contributed by atoms with E-state index in [1.54, 1.807) is 34.8 Å². The van der Waals surface area contributed by atoms with Crippen molar-refractivity contribution in [2.75, 3.05) is 19.8 Å². The van der Waals surface area contributed by atoms with E-state index >= 15 is 0 Å². The molecule has 14 rings (SSSR count). The number of aryl methyl sites for hydroxylation is 2. The van der Waals surface area contributed by atoms with Crippen LogP contribution in [0.25, 0.3) is 20.9 Å². The lowest BCUT2D eigenvalue weighted by Crippen LogP contribution is -2.70. The van der Waals surface area contributed by atoms with Gasteiger partial charge in [-0.05, 0) is 138 Å². The summed E-state index contributed by atoms with van der Waals surface area (Å²) < 4.78 is 65.7. The Balaban J connectivity index is 0.000000168. The number of thiophene rings is 2. The number of halogens is 3. The van der Waals surface area contributed by atoms with Crippen molar-refractivity contribution in [1.29, 1.82) is 0 Å². The van der Waals surface area contributed by atoms with E-state index in [9.17, 15) is 44.5 Å². The first-order valence-electron chi connectivity index (χ1n) is 36.9. The molecule has 2 bridgehead atoms.